The topological polar surface area (TPSA) is 85.7 Å². The Morgan fingerprint density at radius 3 is 2.35 bits per heavy atom. The number of hydrogen-bond acceptors (Lipinski definition) is 5. The highest BCUT2D eigenvalue weighted by molar-refractivity contribution is 5.78. The van der Waals surface area contributed by atoms with Crippen molar-refractivity contribution in [2.45, 2.75) is 52.2 Å². The summed E-state index contributed by atoms with van der Waals surface area (Å²) in [5.41, 5.74) is -0.496. The second kappa shape index (κ2) is 8.73. The molecule has 1 saturated heterocycles. The number of nitrogens with zero attached hydrogens (tertiary/aromatic N) is 3. The van der Waals surface area contributed by atoms with Gasteiger partial charge in [0.2, 0.25) is 5.91 Å². The van der Waals surface area contributed by atoms with Crippen LogP contribution in [0.4, 0.5) is 4.79 Å². The molecule has 1 heterocycles. The molecule has 1 rings (SSSR count). The van der Waals surface area contributed by atoms with Crippen LogP contribution in [0.2, 0.25) is 0 Å². The zero-order valence-corrected chi connectivity index (χ0v) is 14.6. The zero-order chi connectivity index (χ0) is 17.5. The fourth-order valence-electron chi connectivity index (χ4n) is 2.30. The van der Waals surface area contributed by atoms with E-state index in [9.17, 15) is 9.59 Å². The average Bonchev–Trinajstić information content (AvgIpc) is 2.45. The van der Waals surface area contributed by atoms with Crippen molar-refractivity contribution in [2.24, 2.45) is 0 Å². The molecular formula is C16H28N4O3. The first-order chi connectivity index (χ1) is 10.7. The molecule has 0 radical (unpaired) electrons. The molecule has 2 amide bonds. The second-order valence-corrected chi connectivity index (χ2v) is 6.78. The molecule has 23 heavy (non-hydrogen) atoms. The monoisotopic (exact) mass is 324 g/mol. The van der Waals surface area contributed by atoms with E-state index >= 15 is 0 Å². The van der Waals surface area contributed by atoms with Crippen LogP contribution in [0.15, 0.2) is 0 Å². The van der Waals surface area contributed by atoms with Crippen LogP contribution in [-0.4, -0.2) is 66.2 Å². The maximum atomic E-state index is 12.0. The SMILES string of the molecule is CC[C@H](CC#N)NC(=O)CN1CCN(C(=O)OC(C)(C)C)CC1. The number of nitrogens with one attached hydrogen (secondary N) is 1. The molecule has 1 N–H and O–H groups in total. The Morgan fingerprint density at radius 2 is 1.87 bits per heavy atom. The molecule has 0 aromatic rings. The number of carbonyl (C=O) groups is 2. The molecule has 0 aliphatic carbocycles. The summed E-state index contributed by atoms with van der Waals surface area (Å²) in [5.74, 6) is -0.0715. The van der Waals surface area contributed by atoms with E-state index < -0.39 is 5.60 Å². The van der Waals surface area contributed by atoms with Crippen molar-refractivity contribution >= 4 is 12.0 Å². The molecule has 1 aliphatic rings. The van der Waals surface area contributed by atoms with Gasteiger partial charge in [0.15, 0.2) is 0 Å². The van der Waals surface area contributed by atoms with Gasteiger partial charge >= 0.3 is 6.09 Å². The smallest absolute Gasteiger partial charge is 0.410 e. The summed E-state index contributed by atoms with van der Waals surface area (Å²) in [6.07, 6.45) is 0.766. The predicted octanol–water partition coefficient (Wildman–Crippen LogP) is 1.35. The maximum absolute atomic E-state index is 12.0. The van der Waals surface area contributed by atoms with Crippen LogP contribution in [0.25, 0.3) is 0 Å². The van der Waals surface area contributed by atoms with Crippen molar-refractivity contribution < 1.29 is 14.3 Å². The Labute approximate surface area is 138 Å². The molecule has 0 aromatic carbocycles. The summed E-state index contributed by atoms with van der Waals surface area (Å²) in [4.78, 5) is 27.6. The van der Waals surface area contributed by atoms with Gasteiger partial charge in [0.1, 0.15) is 5.60 Å². The van der Waals surface area contributed by atoms with E-state index in [4.69, 9.17) is 10.00 Å². The van der Waals surface area contributed by atoms with Crippen LogP contribution in [0.3, 0.4) is 0 Å². The third kappa shape index (κ3) is 7.33. The number of amides is 2. The number of nitriles is 1. The van der Waals surface area contributed by atoms with Crippen LogP contribution in [0.1, 0.15) is 40.5 Å². The first kappa shape index (κ1) is 19.2. The molecule has 0 saturated carbocycles. The highest BCUT2D eigenvalue weighted by Crippen LogP contribution is 2.11. The highest BCUT2D eigenvalue weighted by atomic mass is 16.6. The molecule has 1 fully saturated rings. The van der Waals surface area contributed by atoms with Crippen LogP contribution >= 0.6 is 0 Å². The van der Waals surface area contributed by atoms with E-state index in [1.807, 2.05) is 32.6 Å². The van der Waals surface area contributed by atoms with Gasteiger partial charge in [0, 0.05) is 32.2 Å². The van der Waals surface area contributed by atoms with E-state index in [0.29, 0.717) is 39.1 Å². The van der Waals surface area contributed by atoms with E-state index in [0.717, 1.165) is 6.42 Å². The number of rotatable bonds is 5. The van der Waals surface area contributed by atoms with Crippen molar-refractivity contribution in [3.63, 3.8) is 0 Å². The lowest BCUT2D eigenvalue weighted by Gasteiger charge is -2.35. The molecule has 1 atom stereocenters. The quantitative estimate of drug-likeness (QED) is 0.825. The minimum absolute atomic E-state index is 0.0715. The number of carbonyl (C=O) groups excluding carboxylic acids is 2. The van der Waals surface area contributed by atoms with Gasteiger partial charge in [-0.05, 0) is 27.2 Å². The second-order valence-electron chi connectivity index (χ2n) is 6.78. The van der Waals surface area contributed by atoms with Crippen molar-refractivity contribution in [3.05, 3.63) is 0 Å². The lowest BCUT2D eigenvalue weighted by Crippen LogP contribution is -2.52. The third-order valence-electron chi connectivity index (χ3n) is 3.59. The first-order valence-corrected chi connectivity index (χ1v) is 8.11. The molecule has 7 heteroatoms. The van der Waals surface area contributed by atoms with Crippen molar-refractivity contribution in [2.75, 3.05) is 32.7 Å². The van der Waals surface area contributed by atoms with Crippen LogP contribution in [0.5, 0.6) is 0 Å². The van der Waals surface area contributed by atoms with E-state index in [1.54, 1.807) is 4.90 Å². The van der Waals surface area contributed by atoms with Gasteiger partial charge in [-0.2, -0.15) is 5.26 Å². The molecule has 0 bridgehead atoms. The van der Waals surface area contributed by atoms with Gasteiger partial charge < -0.3 is 15.0 Å². The minimum atomic E-state index is -0.496. The summed E-state index contributed by atoms with van der Waals surface area (Å²) < 4.78 is 5.35. The number of hydrogen-bond donors (Lipinski definition) is 1. The average molecular weight is 324 g/mol. The molecular weight excluding hydrogens is 296 g/mol. The largest absolute Gasteiger partial charge is 0.444 e. The molecule has 0 unspecified atom stereocenters. The molecule has 1 aliphatic heterocycles. The van der Waals surface area contributed by atoms with Crippen LogP contribution < -0.4 is 5.32 Å². The summed E-state index contributed by atoms with van der Waals surface area (Å²) >= 11 is 0. The summed E-state index contributed by atoms with van der Waals surface area (Å²) in [5, 5.41) is 11.6. The van der Waals surface area contributed by atoms with Crippen LogP contribution in [0, 0.1) is 11.3 Å². The Balaban J connectivity index is 2.35. The lowest BCUT2D eigenvalue weighted by atomic mass is 10.1. The summed E-state index contributed by atoms with van der Waals surface area (Å²) in [6.45, 7) is 10.2. The Bertz CT molecular complexity index is 445. The lowest BCUT2D eigenvalue weighted by molar-refractivity contribution is -0.123. The standard InChI is InChI=1S/C16H28N4O3/c1-5-13(6-7-17)18-14(21)12-19-8-10-20(11-9-19)15(22)23-16(2,3)4/h13H,5-6,8-12H2,1-4H3,(H,18,21)/t13-/m1/s1. The van der Waals surface area contributed by atoms with Gasteiger partial charge in [-0.25, -0.2) is 4.79 Å². The molecule has 7 nitrogen and oxygen atoms in total. The Kier molecular flexibility index (Phi) is 7.30. The van der Waals surface area contributed by atoms with Crippen LogP contribution in [-0.2, 0) is 9.53 Å². The number of ether oxygens (including phenoxy) is 1. The van der Waals surface area contributed by atoms with Crippen molar-refractivity contribution in [1.29, 1.82) is 5.26 Å². The van der Waals surface area contributed by atoms with Gasteiger partial charge in [-0.1, -0.05) is 6.92 Å². The van der Waals surface area contributed by atoms with E-state index in [1.165, 1.54) is 0 Å². The van der Waals surface area contributed by atoms with Crippen molar-refractivity contribution in [1.82, 2.24) is 15.1 Å². The van der Waals surface area contributed by atoms with Gasteiger partial charge in [-0.15, -0.1) is 0 Å². The maximum Gasteiger partial charge on any atom is 0.410 e. The summed E-state index contributed by atoms with van der Waals surface area (Å²) in [6, 6.07) is 1.99. The highest BCUT2D eigenvalue weighted by Gasteiger charge is 2.26. The number of piperazine rings is 1. The minimum Gasteiger partial charge on any atom is -0.444 e. The van der Waals surface area contributed by atoms with E-state index in [-0.39, 0.29) is 18.0 Å². The van der Waals surface area contributed by atoms with E-state index in [2.05, 4.69) is 11.4 Å². The molecule has 0 spiro atoms. The fourth-order valence-corrected chi connectivity index (χ4v) is 2.30. The van der Waals surface area contributed by atoms with Crippen molar-refractivity contribution in [3.8, 4) is 6.07 Å². The first-order valence-electron chi connectivity index (χ1n) is 8.11. The predicted molar refractivity (Wildman–Crippen MR) is 86.7 cm³/mol. The Morgan fingerprint density at radius 1 is 1.26 bits per heavy atom. The third-order valence-corrected chi connectivity index (χ3v) is 3.59. The molecule has 130 valence electrons. The van der Waals surface area contributed by atoms with Gasteiger partial charge in [-0.3, -0.25) is 9.69 Å². The van der Waals surface area contributed by atoms with Gasteiger partial charge in [0.05, 0.1) is 19.0 Å². The van der Waals surface area contributed by atoms with Gasteiger partial charge in [0.25, 0.3) is 0 Å². The fraction of sp³-hybridized carbons (Fsp3) is 0.812. The summed E-state index contributed by atoms with van der Waals surface area (Å²) in [7, 11) is 0. The Hall–Kier alpha value is -1.81. The zero-order valence-electron chi connectivity index (χ0n) is 14.6. The normalized spacial score (nSPS) is 17.3. The molecule has 0 aromatic heterocycles.